The van der Waals surface area contributed by atoms with Crippen molar-refractivity contribution in [3.8, 4) is 5.75 Å². The summed E-state index contributed by atoms with van der Waals surface area (Å²) < 4.78 is 5.07. The number of rotatable bonds is 6. The Balaban J connectivity index is 1.96. The van der Waals surface area contributed by atoms with Gasteiger partial charge < -0.3 is 20.4 Å². The molecule has 0 radical (unpaired) electrons. The van der Waals surface area contributed by atoms with Crippen molar-refractivity contribution >= 4 is 17.1 Å². The van der Waals surface area contributed by atoms with Gasteiger partial charge in [-0.15, -0.1) is 0 Å². The molecule has 0 spiro atoms. The summed E-state index contributed by atoms with van der Waals surface area (Å²) in [6, 6.07) is 5.20. The summed E-state index contributed by atoms with van der Waals surface area (Å²) in [5, 5.41) is 21.3. The van der Waals surface area contributed by atoms with Crippen LogP contribution in [0.25, 0.3) is 0 Å². The minimum Gasteiger partial charge on any atom is -0.490 e. The molecule has 7 nitrogen and oxygen atoms in total. The van der Waals surface area contributed by atoms with Gasteiger partial charge in [0.15, 0.2) is 5.75 Å². The number of ether oxygens (including phenoxy) is 1. The Bertz CT molecular complexity index is 580. The third-order valence-electron chi connectivity index (χ3n) is 3.27. The molecule has 1 saturated heterocycles. The number of nitrogens with one attached hydrogen (secondary N) is 2. The zero-order valence-corrected chi connectivity index (χ0v) is 12.0. The monoisotopic (exact) mass is 290 g/mol. The third kappa shape index (κ3) is 3.50. The van der Waals surface area contributed by atoms with E-state index >= 15 is 0 Å². The molecule has 0 bridgehead atoms. The number of nitro groups is 1. The Morgan fingerprint density at radius 2 is 2.29 bits per heavy atom. The second-order valence-electron chi connectivity index (χ2n) is 4.90. The van der Waals surface area contributed by atoms with Gasteiger partial charge in [-0.1, -0.05) is 0 Å². The molecule has 21 heavy (non-hydrogen) atoms. The van der Waals surface area contributed by atoms with Gasteiger partial charge in [0.1, 0.15) is 0 Å². The van der Waals surface area contributed by atoms with Gasteiger partial charge in [0.2, 0.25) is 0 Å². The SMILES string of the molecule is COc1cc(N2CC(N/C=C\C(C)=N)C2)ccc1[N+](=O)[O-]. The lowest BCUT2D eigenvalue weighted by atomic mass is 10.1. The fourth-order valence-electron chi connectivity index (χ4n) is 2.12. The van der Waals surface area contributed by atoms with E-state index < -0.39 is 4.92 Å². The second-order valence-corrected chi connectivity index (χ2v) is 4.90. The van der Waals surface area contributed by atoms with E-state index in [0.29, 0.717) is 11.8 Å². The van der Waals surface area contributed by atoms with Crippen LogP contribution in [0.3, 0.4) is 0 Å². The maximum absolute atomic E-state index is 10.8. The van der Waals surface area contributed by atoms with Crippen molar-refractivity contribution in [3.05, 3.63) is 40.6 Å². The van der Waals surface area contributed by atoms with Gasteiger partial charge in [-0.3, -0.25) is 10.1 Å². The first-order valence-electron chi connectivity index (χ1n) is 6.56. The average Bonchev–Trinajstić information content (AvgIpc) is 2.40. The quantitative estimate of drug-likeness (QED) is 0.474. The van der Waals surface area contributed by atoms with Crippen molar-refractivity contribution in [2.24, 2.45) is 0 Å². The van der Waals surface area contributed by atoms with Crippen LogP contribution in [-0.2, 0) is 0 Å². The van der Waals surface area contributed by atoms with E-state index in [1.807, 2.05) is 0 Å². The van der Waals surface area contributed by atoms with E-state index in [9.17, 15) is 10.1 Å². The number of nitrogens with zero attached hydrogens (tertiary/aromatic N) is 2. The van der Waals surface area contributed by atoms with Crippen molar-refractivity contribution in [1.29, 1.82) is 5.41 Å². The van der Waals surface area contributed by atoms with Crippen LogP contribution in [-0.4, -0.2) is 36.9 Å². The molecule has 0 amide bonds. The van der Waals surface area contributed by atoms with Gasteiger partial charge in [0.05, 0.1) is 18.1 Å². The Hall–Kier alpha value is -2.57. The predicted molar refractivity (Wildman–Crippen MR) is 81.3 cm³/mol. The van der Waals surface area contributed by atoms with E-state index in [1.54, 1.807) is 31.3 Å². The highest BCUT2D eigenvalue weighted by Crippen LogP contribution is 2.32. The smallest absolute Gasteiger partial charge is 0.311 e. The molecule has 2 N–H and O–H groups in total. The molecule has 0 atom stereocenters. The van der Waals surface area contributed by atoms with Gasteiger partial charge in [0, 0.05) is 36.6 Å². The molecule has 0 unspecified atom stereocenters. The molecule has 1 aromatic rings. The maximum Gasteiger partial charge on any atom is 0.311 e. The van der Waals surface area contributed by atoms with Gasteiger partial charge in [0.25, 0.3) is 0 Å². The van der Waals surface area contributed by atoms with Crippen LogP contribution in [0.2, 0.25) is 0 Å². The van der Waals surface area contributed by atoms with Crippen LogP contribution in [0.15, 0.2) is 30.5 Å². The van der Waals surface area contributed by atoms with Crippen LogP contribution in [0.1, 0.15) is 6.92 Å². The minimum atomic E-state index is -0.451. The Morgan fingerprint density at radius 3 is 2.86 bits per heavy atom. The fraction of sp³-hybridized carbons (Fsp3) is 0.357. The highest BCUT2D eigenvalue weighted by atomic mass is 16.6. The maximum atomic E-state index is 10.8. The Kier molecular flexibility index (Phi) is 4.42. The predicted octanol–water partition coefficient (Wildman–Crippen LogP) is 1.93. The molecule has 1 aromatic carbocycles. The average molecular weight is 290 g/mol. The molecular weight excluding hydrogens is 272 g/mol. The van der Waals surface area contributed by atoms with Crippen molar-refractivity contribution in [1.82, 2.24) is 5.32 Å². The fourth-order valence-corrected chi connectivity index (χ4v) is 2.12. The summed E-state index contributed by atoms with van der Waals surface area (Å²) in [6.07, 6.45) is 3.48. The summed E-state index contributed by atoms with van der Waals surface area (Å²) in [5.41, 5.74) is 1.38. The molecule has 0 saturated carbocycles. The van der Waals surface area contributed by atoms with Gasteiger partial charge in [-0.25, -0.2) is 0 Å². The van der Waals surface area contributed by atoms with Crippen LogP contribution in [0.4, 0.5) is 11.4 Å². The van der Waals surface area contributed by atoms with E-state index in [1.165, 1.54) is 13.2 Å². The van der Waals surface area contributed by atoms with E-state index in [4.69, 9.17) is 10.1 Å². The number of hydrogen-bond donors (Lipinski definition) is 2. The summed E-state index contributed by atoms with van der Waals surface area (Å²) in [4.78, 5) is 12.5. The lowest BCUT2D eigenvalue weighted by molar-refractivity contribution is -0.385. The van der Waals surface area contributed by atoms with Crippen molar-refractivity contribution in [3.63, 3.8) is 0 Å². The normalized spacial score (nSPS) is 14.9. The first-order valence-corrected chi connectivity index (χ1v) is 6.56. The molecule has 2 rings (SSSR count). The zero-order chi connectivity index (χ0) is 15.4. The van der Waals surface area contributed by atoms with Gasteiger partial charge in [-0.05, 0) is 25.3 Å². The van der Waals surface area contributed by atoms with Crippen LogP contribution in [0.5, 0.6) is 5.75 Å². The number of anilines is 1. The Labute approximate surface area is 122 Å². The molecular formula is C14H18N4O3. The molecule has 1 heterocycles. The lowest BCUT2D eigenvalue weighted by Crippen LogP contribution is -2.56. The highest BCUT2D eigenvalue weighted by Gasteiger charge is 2.27. The lowest BCUT2D eigenvalue weighted by Gasteiger charge is -2.41. The standard InChI is InChI=1S/C14H18N4O3/c1-10(15)5-6-16-11-8-17(9-11)12-3-4-13(18(19)20)14(7-12)21-2/h3-7,11,15-16H,8-9H2,1-2H3/b6-5-,15-10?. The molecule has 1 aliphatic heterocycles. The number of allylic oxidation sites excluding steroid dienone is 1. The molecule has 0 aliphatic carbocycles. The van der Waals surface area contributed by atoms with Crippen LogP contribution < -0.4 is 15.0 Å². The summed E-state index contributed by atoms with van der Waals surface area (Å²) in [6.45, 7) is 3.33. The Morgan fingerprint density at radius 1 is 1.57 bits per heavy atom. The highest BCUT2D eigenvalue weighted by molar-refractivity contribution is 5.89. The first kappa shape index (κ1) is 14.8. The summed E-state index contributed by atoms with van der Waals surface area (Å²) in [7, 11) is 1.43. The number of benzene rings is 1. The van der Waals surface area contributed by atoms with Crippen LogP contribution >= 0.6 is 0 Å². The molecule has 0 aromatic heterocycles. The first-order chi connectivity index (χ1) is 10.0. The third-order valence-corrected chi connectivity index (χ3v) is 3.27. The van der Waals surface area contributed by atoms with E-state index in [-0.39, 0.29) is 11.4 Å². The van der Waals surface area contributed by atoms with E-state index in [0.717, 1.165) is 18.8 Å². The topological polar surface area (TPSA) is 91.5 Å². The molecule has 1 fully saturated rings. The molecule has 1 aliphatic rings. The number of nitro benzene ring substituents is 1. The summed E-state index contributed by atoms with van der Waals surface area (Å²) >= 11 is 0. The van der Waals surface area contributed by atoms with Crippen molar-refractivity contribution in [2.45, 2.75) is 13.0 Å². The van der Waals surface area contributed by atoms with E-state index in [2.05, 4.69) is 10.2 Å². The largest absolute Gasteiger partial charge is 0.490 e. The van der Waals surface area contributed by atoms with Crippen molar-refractivity contribution in [2.75, 3.05) is 25.1 Å². The van der Waals surface area contributed by atoms with Crippen LogP contribution in [0, 0.1) is 15.5 Å². The van der Waals surface area contributed by atoms with Crippen molar-refractivity contribution < 1.29 is 9.66 Å². The summed E-state index contributed by atoms with van der Waals surface area (Å²) in [5.74, 6) is 0.272. The zero-order valence-electron chi connectivity index (χ0n) is 12.0. The number of methoxy groups -OCH3 is 1. The minimum absolute atomic E-state index is 0.0270. The van der Waals surface area contributed by atoms with Gasteiger partial charge in [-0.2, -0.15) is 0 Å². The van der Waals surface area contributed by atoms with Gasteiger partial charge >= 0.3 is 5.69 Å². The molecule has 7 heteroatoms. The second kappa shape index (κ2) is 6.25. The number of hydrogen-bond acceptors (Lipinski definition) is 6. The molecule has 112 valence electrons.